The van der Waals surface area contributed by atoms with E-state index < -0.39 is 53.9 Å². The third-order valence-corrected chi connectivity index (χ3v) is 8.51. The van der Waals surface area contributed by atoms with Gasteiger partial charge in [0.2, 0.25) is 11.6 Å². The van der Waals surface area contributed by atoms with Gasteiger partial charge in [-0.2, -0.15) is 0 Å². The smallest absolute Gasteiger partial charge is 0.405 e. The molecule has 49 heavy (non-hydrogen) atoms. The lowest BCUT2D eigenvalue weighted by molar-refractivity contribution is -0.120. The quantitative estimate of drug-likeness (QED) is 0.209. The predicted octanol–water partition coefficient (Wildman–Crippen LogP) is 3.27. The fourth-order valence-electron chi connectivity index (χ4n) is 5.80. The van der Waals surface area contributed by atoms with E-state index in [1.807, 2.05) is 6.92 Å². The van der Waals surface area contributed by atoms with Crippen LogP contribution in [-0.4, -0.2) is 79.5 Å². The molecule has 0 fully saturated rings. The standard InChI is InChI=1S/C36H47N3O10/c1-19-13-24-31(38-18-23-11-12-26(40)29(16-23)47-6)27(41)17-25(33(24)43)39-35(44)20(2)9-8-10-28(46-5)34(49-36(37)45)22(4)15-21(3)32(42)30(14-19)48-7/h8-12,15-17,19,21,28,30,32,34,38,40,42H,13-14,18H2,1-7H3,(H2,37,45)(H,39,44)/b10-8-,20-9+,22-15+/t19-,21+,28+,30+,32-,34+/m1/s1. The summed E-state index contributed by atoms with van der Waals surface area (Å²) in [5.41, 5.74) is 6.91. The van der Waals surface area contributed by atoms with Gasteiger partial charge >= 0.3 is 6.09 Å². The Morgan fingerprint density at radius 3 is 2.45 bits per heavy atom. The Morgan fingerprint density at radius 1 is 1.10 bits per heavy atom. The Balaban J connectivity index is 2.06. The second kappa shape index (κ2) is 17.6. The van der Waals surface area contributed by atoms with Crippen LogP contribution in [-0.2, 0) is 35.1 Å². The van der Waals surface area contributed by atoms with E-state index in [4.69, 9.17) is 24.7 Å². The van der Waals surface area contributed by atoms with Crippen LogP contribution in [0.1, 0.15) is 46.1 Å². The number of nitrogens with one attached hydrogen (secondary N) is 2. The summed E-state index contributed by atoms with van der Waals surface area (Å²) in [5.74, 6) is -2.18. The van der Waals surface area contributed by atoms with E-state index in [-0.39, 0.29) is 52.9 Å². The summed E-state index contributed by atoms with van der Waals surface area (Å²) in [6.45, 7) is 7.06. The number of rotatable bonds is 7. The molecule has 1 aromatic carbocycles. The van der Waals surface area contributed by atoms with E-state index in [9.17, 15) is 29.4 Å². The first-order chi connectivity index (χ1) is 23.2. The number of allylic oxidation sites excluding steroid dienone is 4. The number of phenolic OH excluding ortho intramolecular Hbond substituents is 1. The molecule has 0 unspecified atom stereocenters. The Kier molecular flexibility index (Phi) is 13.9. The number of primary amides is 1. The minimum atomic E-state index is -1.01. The molecule has 0 aromatic heterocycles. The highest BCUT2D eigenvalue weighted by Gasteiger charge is 2.33. The first-order valence-electron chi connectivity index (χ1n) is 15.9. The molecule has 1 heterocycles. The molecule has 0 radical (unpaired) electrons. The second-order valence-electron chi connectivity index (χ2n) is 12.3. The summed E-state index contributed by atoms with van der Waals surface area (Å²) < 4.78 is 21.8. The molecule has 1 aromatic rings. The predicted molar refractivity (Wildman–Crippen MR) is 181 cm³/mol. The molecule has 13 nitrogen and oxygen atoms in total. The van der Waals surface area contributed by atoms with Crippen LogP contribution in [0.4, 0.5) is 4.79 Å². The number of ether oxygens (including phenoxy) is 4. The SMILES string of the molecule is COc1cc(CNC2=C3C[C@@H](C)C[C@H](OC)[C@H](O)[C@@H](C)/C=C(\C)[C@H](OC(N)=O)[C@@H](OC)/C=C\C=C(/C)C(=O)NC(=CC2=O)C3=O)ccc1O. The minimum absolute atomic E-state index is 0.0409. The molecule has 13 heteroatoms. The van der Waals surface area contributed by atoms with E-state index in [0.29, 0.717) is 17.6 Å². The van der Waals surface area contributed by atoms with Crippen LogP contribution in [0.25, 0.3) is 0 Å². The maximum Gasteiger partial charge on any atom is 0.405 e. The van der Waals surface area contributed by atoms with Gasteiger partial charge in [0.25, 0.3) is 5.91 Å². The van der Waals surface area contributed by atoms with Crippen molar-refractivity contribution in [3.05, 3.63) is 82.3 Å². The normalized spacial score (nSPS) is 28.7. The van der Waals surface area contributed by atoms with Crippen molar-refractivity contribution < 1.29 is 48.3 Å². The number of Topliss-reactive ketones (excluding diaryl/α,β-unsaturated/α-hetero) is 1. The highest BCUT2D eigenvalue weighted by Crippen LogP contribution is 2.30. The number of methoxy groups -OCH3 is 3. The number of carbonyl (C=O) groups excluding carboxylic acids is 4. The van der Waals surface area contributed by atoms with Crippen molar-refractivity contribution >= 4 is 23.6 Å². The fraction of sp³-hybridized carbons (Fsp3) is 0.444. The van der Waals surface area contributed by atoms with E-state index in [2.05, 4.69) is 10.6 Å². The van der Waals surface area contributed by atoms with E-state index in [1.165, 1.54) is 46.5 Å². The van der Waals surface area contributed by atoms with E-state index in [1.54, 1.807) is 38.1 Å². The first-order valence-corrected chi connectivity index (χ1v) is 15.9. The Bertz CT molecular complexity index is 1570. The third-order valence-electron chi connectivity index (χ3n) is 8.51. The maximum atomic E-state index is 13.9. The molecule has 3 rings (SSSR count). The zero-order valence-electron chi connectivity index (χ0n) is 28.9. The molecule has 2 amide bonds. The molecular weight excluding hydrogens is 634 g/mol. The number of benzene rings is 1. The maximum absolute atomic E-state index is 13.9. The average molecular weight is 682 g/mol. The van der Waals surface area contributed by atoms with E-state index in [0.717, 1.165) is 6.08 Å². The Morgan fingerprint density at radius 2 is 1.82 bits per heavy atom. The van der Waals surface area contributed by atoms with Gasteiger partial charge < -0.3 is 45.5 Å². The number of nitrogens with two attached hydrogens (primary N) is 1. The van der Waals surface area contributed by atoms with Crippen LogP contribution in [0.5, 0.6) is 11.5 Å². The molecule has 1 aliphatic carbocycles. The van der Waals surface area contributed by atoms with Gasteiger partial charge in [-0.05, 0) is 55.9 Å². The number of phenols is 1. The zero-order chi connectivity index (χ0) is 36.4. The van der Waals surface area contributed by atoms with Crippen molar-refractivity contribution in [2.45, 2.75) is 71.5 Å². The van der Waals surface area contributed by atoms with Gasteiger partial charge in [0.1, 0.15) is 6.10 Å². The summed E-state index contributed by atoms with van der Waals surface area (Å²) >= 11 is 0. The Hall–Kier alpha value is -4.72. The molecule has 266 valence electrons. The van der Waals surface area contributed by atoms with Crippen molar-refractivity contribution in [2.24, 2.45) is 17.6 Å². The molecule has 1 aliphatic heterocycles. The number of fused-ring (bicyclic) bond motifs is 2. The molecule has 0 saturated heterocycles. The molecule has 6 atom stereocenters. The van der Waals surface area contributed by atoms with Gasteiger partial charge in [-0.1, -0.05) is 44.2 Å². The summed E-state index contributed by atoms with van der Waals surface area (Å²) in [6.07, 6.45) is 3.43. The minimum Gasteiger partial charge on any atom is -0.504 e. The highest BCUT2D eigenvalue weighted by atomic mass is 16.6. The lowest BCUT2D eigenvalue weighted by atomic mass is 9.85. The van der Waals surface area contributed by atoms with Gasteiger partial charge in [-0.3, -0.25) is 14.4 Å². The number of aliphatic hydroxyl groups is 1. The lowest BCUT2D eigenvalue weighted by Gasteiger charge is -2.30. The first kappa shape index (κ1) is 38.7. The number of hydrogen-bond acceptors (Lipinski definition) is 11. The van der Waals surface area contributed by atoms with Crippen molar-refractivity contribution in [3.63, 3.8) is 0 Å². The van der Waals surface area contributed by atoms with Crippen molar-refractivity contribution in [1.29, 1.82) is 0 Å². The molecule has 6 N–H and O–H groups in total. The van der Waals surface area contributed by atoms with Crippen LogP contribution in [0, 0.1) is 11.8 Å². The zero-order valence-corrected chi connectivity index (χ0v) is 28.9. The largest absolute Gasteiger partial charge is 0.504 e. The second-order valence-corrected chi connectivity index (χ2v) is 12.3. The monoisotopic (exact) mass is 681 g/mol. The van der Waals surface area contributed by atoms with Crippen molar-refractivity contribution in [3.8, 4) is 11.5 Å². The summed E-state index contributed by atoms with van der Waals surface area (Å²) in [4.78, 5) is 52.4. The van der Waals surface area contributed by atoms with Crippen LogP contribution < -0.4 is 21.1 Å². The summed E-state index contributed by atoms with van der Waals surface area (Å²) in [6, 6.07) is 4.74. The lowest BCUT2D eigenvalue weighted by Crippen LogP contribution is -2.37. The molecular formula is C36H47N3O10. The van der Waals surface area contributed by atoms with Crippen LogP contribution in [0.3, 0.4) is 0 Å². The highest BCUT2D eigenvalue weighted by molar-refractivity contribution is 6.23. The summed E-state index contributed by atoms with van der Waals surface area (Å²) in [7, 11) is 4.32. The average Bonchev–Trinajstić information content (AvgIpc) is 3.06. The molecule has 2 aliphatic rings. The Labute approximate surface area is 286 Å². The van der Waals surface area contributed by atoms with Gasteiger partial charge in [-0.25, -0.2) is 4.79 Å². The van der Waals surface area contributed by atoms with Gasteiger partial charge in [-0.15, -0.1) is 0 Å². The van der Waals surface area contributed by atoms with Crippen LogP contribution >= 0.6 is 0 Å². The van der Waals surface area contributed by atoms with Gasteiger partial charge in [0.05, 0.1) is 30.7 Å². The number of aliphatic hydroxyl groups excluding tert-OH is 1. The number of aromatic hydroxyl groups is 1. The number of carbonyl (C=O) groups is 4. The van der Waals surface area contributed by atoms with Gasteiger partial charge in [0.15, 0.2) is 17.6 Å². The number of hydrogen-bond donors (Lipinski definition) is 5. The van der Waals surface area contributed by atoms with Crippen molar-refractivity contribution in [1.82, 2.24) is 10.6 Å². The third kappa shape index (κ3) is 10.1. The van der Waals surface area contributed by atoms with Gasteiger partial charge in [0, 0.05) is 43.9 Å². The number of amides is 2. The van der Waals surface area contributed by atoms with Crippen LogP contribution in [0.2, 0.25) is 0 Å². The molecule has 0 saturated carbocycles. The summed E-state index contributed by atoms with van der Waals surface area (Å²) in [5, 5.41) is 27.0. The van der Waals surface area contributed by atoms with Crippen molar-refractivity contribution in [2.75, 3.05) is 21.3 Å². The fourth-order valence-corrected chi connectivity index (χ4v) is 5.80. The van der Waals surface area contributed by atoms with Crippen LogP contribution in [0.15, 0.2) is 76.7 Å². The van der Waals surface area contributed by atoms with E-state index >= 15 is 0 Å². The molecule has 2 bridgehead atoms. The topological polar surface area (TPSA) is 196 Å². The molecule has 0 spiro atoms. The number of ketones is 2.